The van der Waals surface area contributed by atoms with Gasteiger partial charge in [-0.25, -0.2) is 0 Å². The molecule has 6 heterocycles. The summed E-state index contributed by atoms with van der Waals surface area (Å²) in [5.41, 5.74) is 49.3. The van der Waals surface area contributed by atoms with Gasteiger partial charge < -0.3 is 9.80 Å². The fourth-order valence-corrected chi connectivity index (χ4v) is 24.3. The van der Waals surface area contributed by atoms with Gasteiger partial charge in [0.25, 0.3) is 0 Å². The first kappa shape index (κ1) is 78.3. The maximum absolute atomic E-state index is 2.72. The Morgan fingerprint density at radius 2 is 0.188 bits per heavy atom. The van der Waals surface area contributed by atoms with Crippen molar-refractivity contribution in [2.45, 2.75) is 116 Å². The molecule has 24 rings (SSSR count). The normalized spacial score (nSPS) is 15.4. The summed E-state index contributed by atoms with van der Waals surface area (Å²) in [5.74, 6) is 0. The van der Waals surface area contributed by atoms with Gasteiger partial charge in [0.1, 0.15) is 0 Å². The van der Waals surface area contributed by atoms with Gasteiger partial charge in [0.15, 0.2) is 0 Å². The van der Waals surface area contributed by atoms with Crippen LogP contribution in [0.5, 0.6) is 0 Å². The number of nitrogens with zero attached hydrogens (tertiary/aromatic N) is 2. The fourth-order valence-electron chi connectivity index (χ4n) is 24.3. The summed E-state index contributed by atoms with van der Waals surface area (Å²) in [6.07, 6.45) is 0. The average Bonchev–Trinajstić information content (AvgIpc) is 0.648. The van der Waals surface area contributed by atoms with Crippen molar-refractivity contribution in [3.05, 3.63) is 601 Å². The molecule has 18 aromatic rings. The first-order valence-corrected chi connectivity index (χ1v) is 45.7. The molecule has 0 N–H and O–H groups in total. The molecule has 128 heavy (non-hydrogen) atoms. The van der Waals surface area contributed by atoms with Crippen LogP contribution in [0.3, 0.4) is 0 Å². The van der Waals surface area contributed by atoms with Gasteiger partial charge in [0.05, 0.1) is 66.6 Å². The molecule has 0 bridgehead atoms. The second-order valence-corrected chi connectivity index (χ2v) is 37.8. The van der Waals surface area contributed by atoms with Gasteiger partial charge >= 0.3 is 0 Å². The summed E-state index contributed by atoms with van der Waals surface area (Å²) in [5, 5.41) is 0. The Balaban J connectivity index is 0.000000146. The quantitative estimate of drug-likeness (QED) is 0.120. The maximum Gasteiger partial charge on any atom is 0.0742 e. The highest BCUT2D eigenvalue weighted by atomic mass is 15.2. The van der Waals surface area contributed by atoms with Gasteiger partial charge in [-0.3, -0.25) is 0 Å². The lowest BCUT2D eigenvalue weighted by atomic mass is 9.52. The number of aryl methyl sites for hydroxylation is 12. The van der Waals surface area contributed by atoms with Crippen LogP contribution in [0, 0.1) is 83.1 Å². The molecule has 0 saturated carbocycles. The van der Waals surface area contributed by atoms with Gasteiger partial charge in [0, 0.05) is 0 Å². The van der Waals surface area contributed by atoms with E-state index in [1.807, 2.05) is 0 Å². The highest BCUT2D eigenvalue weighted by molar-refractivity contribution is 6.06. The smallest absolute Gasteiger partial charge is 0.0742 e. The summed E-state index contributed by atoms with van der Waals surface area (Å²) < 4.78 is 0. The molecule has 18 aromatic carbocycles. The van der Waals surface area contributed by atoms with Crippen molar-refractivity contribution >= 4 is 34.1 Å². The largest absolute Gasteiger partial charge is 0.308 e. The van der Waals surface area contributed by atoms with Crippen LogP contribution in [0.25, 0.3) is 0 Å². The summed E-state index contributed by atoms with van der Waals surface area (Å²) in [6.45, 7) is 26.4. The Morgan fingerprint density at radius 1 is 0.109 bits per heavy atom. The van der Waals surface area contributed by atoms with Crippen LogP contribution < -0.4 is 9.80 Å². The minimum absolute atomic E-state index is 0.670. The van der Waals surface area contributed by atoms with Crippen LogP contribution in [0.15, 0.2) is 400 Å². The van der Waals surface area contributed by atoms with Gasteiger partial charge in [0.2, 0.25) is 0 Å². The van der Waals surface area contributed by atoms with Crippen molar-refractivity contribution in [3.8, 4) is 0 Å². The lowest BCUT2D eigenvalue weighted by Crippen LogP contribution is -2.49. The number of para-hydroxylation sites is 6. The summed E-state index contributed by atoms with van der Waals surface area (Å²) in [4.78, 5) is 5.45. The summed E-state index contributed by atoms with van der Waals surface area (Å²) >= 11 is 0. The highest BCUT2D eigenvalue weighted by Crippen LogP contribution is 2.75. The van der Waals surface area contributed by atoms with E-state index in [2.05, 4.69) is 493 Å². The molecule has 6 aliphatic rings. The molecule has 0 amide bonds. The van der Waals surface area contributed by atoms with Gasteiger partial charge in [-0.05, 0) is 217 Å². The first-order valence-electron chi connectivity index (χ1n) is 45.7. The minimum atomic E-state index is -0.670. The second kappa shape index (κ2) is 29.1. The molecule has 616 valence electrons. The third-order valence-electron chi connectivity index (χ3n) is 30.2. The zero-order valence-corrected chi connectivity index (χ0v) is 75.0. The van der Waals surface area contributed by atoms with Crippen molar-refractivity contribution in [2.24, 2.45) is 0 Å². The molecule has 0 radical (unpaired) electrons. The molecule has 2 heteroatoms. The molecule has 0 fully saturated rings. The van der Waals surface area contributed by atoms with Crippen LogP contribution in [0.2, 0.25) is 0 Å². The Kier molecular flexibility index (Phi) is 17.8. The molecular formula is C126H102N2. The Labute approximate surface area is 754 Å². The summed E-state index contributed by atoms with van der Waals surface area (Å²) in [7, 11) is 0. The number of benzene rings is 18. The van der Waals surface area contributed by atoms with Gasteiger partial charge in [-0.1, -0.05) is 467 Å². The number of rotatable bonds is 12. The van der Waals surface area contributed by atoms with E-state index in [0.29, 0.717) is 0 Å². The SMILES string of the molecule is Cc1ccc(C2(c3ccc(C)cc3)c3cccc4c3N3c5c2cccc5C(c2ccc(C)cc2)(c2ccc(C)cc2)c2cccc(c23)C4(c2ccc(C)cc2)c2ccc(C)cc2)cc1.Cc1ccc(C2(c3ccc(C)cc3)c3cccc4c3N3c5c2cccc5C(c2ccc(C)cc2)(c2ccc(C)cc2)c2cccc(c23)C4(c2ccc(C)cc2)c2ccc(C)cc2)cc1. The summed E-state index contributed by atoms with van der Waals surface area (Å²) in [6, 6.07) is 156. The van der Waals surface area contributed by atoms with Crippen LogP contribution in [0.4, 0.5) is 34.1 Å². The molecular weight excluding hydrogens is 1540 g/mol. The van der Waals surface area contributed by atoms with Crippen LogP contribution in [-0.4, -0.2) is 0 Å². The molecule has 0 saturated heterocycles. The van der Waals surface area contributed by atoms with Crippen molar-refractivity contribution in [2.75, 3.05) is 9.80 Å². The Hall–Kier alpha value is -14.4. The molecule has 0 spiro atoms. The molecule has 0 aliphatic carbocycles. The molecule has 0 atom stereocenters. The zero-order chi connectivity index (χ0) is 87.1. The first-order chi connectivity index (χ1) is 62.4. The van der Waals surface area contributed by atoms with Crippen LogP contribution in [-0.2, 0) is 32.5 Å². The lowest BCUT2D eigenvalue weighted by Gasteiger charge is -2.58. The van der Waals surface area contributed by atoms with Crippen molar-refractivity contribution in [1.82, 2.24) is 0 Å². The van der Waals surface area contributed by atoms with E-state index in [4.69, 9.17) is 0 Å². The maximum atomic E-state index is 2.72. The number of hydrogen-bond donors (Lipinski definition) is 0. The standard InChI is InChI=1S/2C63H51N/c2*1-40-16-28-46(29-17-40)61(47-30-18-41(2)19-31-47)52-10-7-12-54-58(52)64-59-53(61)11-8-13-55(59)63(50-36-24-44(5)25-37-50,51-38-26-45(6)27-39-51)57-15-9-14-56(60(57)64)62(54,48-32-20-42(3)21-33-48)49-34-22-43(4)23-35-49/h2*7-39H,1-6H3. The molecule has 2 nitrogen and oxygen atoms in total. The van der Waals surface area contributed by atoms with Crippen LogP contribution in [0.1, 0.15) is 200 Å². The Bertz CT molecular complexity index is 5870. The van der Waals surface area contributed by atoms with Gasteiger partial charge in [-0.15, -0.1) is 0 Å². The predicted molar refractivity (Wildman–Crippen MR) is 530 cm³/mol. The number of hydrogen-bond acceptors (Lipinski definition) is 2. The minimum Gasteiger partial charge on any atom is -0.308 e. The highest BCUT2D eigenvalue weighted by Gasteiger charge is 2.63. The topological polar surface area (TPSA) is 6.48 Å². The second-order valence-electron chi connectivity index (χ2n) is 37.8. The van der Waals surface area contributed by atoms with E-state index < -0.39 is 32.5 Å². The van der Waals surface area contributed by atoms with Crippen molar-refractivity contribution < 1.29 is 0 Å². The fraction of sp³-hybridized carbons (Fsp3) is 0.143. The molecule has 0 aromatic heterocycles. The predicted octanol–water partition coefficient (Wildman–Crippen LogP) is 30.2. The van der Waals surface area contributed by atoms with E-state index in [-0.39, 0.29) is 0 Å². The van der Waals surface area contributed by atoms with Gasteiger partial charge in [-0.2, -0.15) is 0 Å². The molecule has 6 aliphatic heterocycles. The Morgan fingerprint density at radius 3 is 0.266 bits per heavy atom. The van der Waals surface area contributed by atoms with Crippen LogP contribution >= 0.6 is 0 Å². The molecule has 0 unspecified atom stereocenters. The van der Waals surface area contributed by atoms with Crippen molar-refractivity contribution in [1.29, 1.82) is 0 Å². The third-order valence-corrected chi connectivity index (χ3v) is 30.2. The lowest BCUT2D eigenvalue weighted by molar-refractivity contribution is 0.654. The monoisotopic (exact) mass is 1640 g/mol. The van der Waals surface area contributed by atoms with E-state index in [9.17, 15) is 0 Å². The zero-order valence-electron chi connectivity index (χ0n) is 75.0. The third kappa shape index (κ3) is 10.7. The number of anilines is 6. The van der Waals surface area contributed by atoms with E-state index in [1.165, 1.54) is 234 Å². The van der Waals surface area contributed by atoms with E-state index >= 15 is 0 Å². The van der Waals surface area contributed by atoms with E-state index in [0.717, 1.165) is 0 Å². The average molecular weight is 1640 g/mol. The van der Waals surface area contributed by atoms with Crippen molar-refractivity contribution in [3.63, 3.8) is 0 Å². The van der Waals surface area contributed by atoms with E-state index in [1.54, 1.807) is 0 Å².